The van der Waals surface area contributed by atoms with Crippen LogP contribution >= 0.6 is 11.3 Å². The number of fused-ring (bicyclic) bond motifs is 12. The molecule has 0 bridgehead atoms. The van der Waals surface area contributed by atoms with E-state index < -0.39 is 0 Å². The number of nitrogens with zero attached hydrogens (tertiary/aromatic N) is 4. The summed E-state index contributed by atoms with van der Waals surface area (Å²) in [5.74, 6) is 0.679. The fourth-order valence-corrected chi connectivity index (χ4v) is 9.24. The summed E-state index contributed by atoms with van der Waals surface area (Å²) in [6.45, 7) is 0. The first-order valence-electron chi connectivity index (χ1n) is 17.0. The summed E-state index contributed by atoms with van der Waals surface area (Å²) in [4.78, 5) is 15.7. The Labute approximate surface area is 294 Å². The van der Waals surface area contributed by atoms with Gasteiger partial charge in [0, 0.05) is 54.4 Å². The Morgan fingerprint density at radius 3 is 2.20 bits per heavy atom. The first-order valence-corrected chi connectivity index (χ1v) is 17.8. The third-order valence-electron chi connectivity index (χ3n) is 10.4. The predicted molar refractivity (Wildman–Crippen MR) is 211 cm³/mol. The summed E-state index contributed by atoms with van der Waals surface area (Å²) >= 11 is 1.76. The molecular formula is C45H24N4OS. The summed E-state index contributed by atoms with van der Waals surface area (Å²) in [6.07, 6.45) is 0. The summed E-state index contributed by atoms with van der Waals surface area (Å²) < 4.78 is 10.1. The zero-order valence-electron chi connectivity index (χ0n) is 27.0. The van der Waals surface area contributed by atoms with Crippen LogP contribution in [0.4, 0.5) is 0 Å². The fraction of sp³-hybridized carbons (Fsp3) is 0. The molecule has 0 aliphatic carbocycles. The normalized spacial score (nSPS) is 12.3. The minimum Gasteiger partial charge on any atom is -0.455 e. The number of hydrogen-bond acceptors (Lipinski definition) is 5. The molecule has 0 aliphatic rings. The molecular weight excluding hydrogens is 645 g/mol. The highest BCUT2D eigenvalue weighted by molar-refractivity contribution is 7.22. The van der Waals surface area contributed by atoms with Crippen LogP contribution in [0.5, 0.6) is 0 Å². The van der Waals surface area contributed by atoms with E-state index in [0.717, 1.165) is 71.3 Å². The molecule has 0 atom stereocenters. The highest BCUT2D eigenvalue weighted by Gasteiger charge is 2.23. The standard InChI is InChI=1S/C45H24N4OS/c1-2-11-25(12-3-1)45-47-35-24-32-27-13-5-8-19-36(27)49-37-22-21-26(23-33(37)39(41(32)49)43(35)51-45)44-46-34-18-7-4-15-30(34)40(48-44)31-17-10-16-29-28-14-6-9-20-38(28)50-42(29)31/h1-24H. The van der Waals surface area contributed by atoms with Gasteiger partial charge in [-0.05, 0) is 48.5 Å². The van der Waals surface area contributed by atoms with Gasteiger partial charge in [0.2, 0.25) is 0 Å². The van der Waals surface area contributed by atoms with Crippen LogP contribution in [0.25, 0.3) is 114 Å². The Hall–Kier alpha value is -6.63. The second kappa shape index (κ2) is 9.97. The van der Waals surface area contributed by atoms with Crippen molar-refractivity contribution in [2.24, 2.45) is 0 Å². The molecule has 51 heavy (non-hydrogen) atoms. The van der Waals surface area contributed by atoms with Crippen LogP contribution in [0.3, 0.4) is 0 Å². The Balaban J connectivity index is 1.15. The maximum Gasteiger partial charge on any atom is 0.160 e. The van der Waals surface area contributed by atoms with Crippen molar-refractivity contribution < 1.29 is 4.42 Å². The third kappa shape index (κ3) is 3.71. The second-order valence-electron chi connectivity index (χ2n) is 13.2. The lowest BCUT2D eigenvalue weighted by Crippen LogP contribution is -1.95. The van der Waals surface area contributed by atoms with Crippen LogP contribution in [-0.2, 0) is 0 Å². The van der Waals surface area contributed by atoms with E-state index in [9.17, 15) is 0 Å². The molecule has 5 heterocycles. The summed E-state index contributed by atoms with van der Waals surface area (Å²) in [5, 5.41) is 9.05. The molecule has 6 heteroatoms. The molecule has 12 aromatic rings. The first kappa shape index (κ1) is 27.2. The summed E-state index contributed by atoms with van der Waals surface area (Å²) in [6, 6.07) is 50.9. The molecule has 0 N–H and O–H groups in total. The zero-order valence-corrected chi connectivity index (χ0v) is 27.8. The highest BCUT2D eigenvalue weighted by atomic mass is 32.1. The topological polar surface area (TPSA) is 56.2 Å². The minimum atomic E-state index is 0.679. The number of aromatic nitrogens is 4. The van der Waals surface area contributed by atoms with Gasteiger partial charge < -0.3 is 8.82 Å². The molecule has 5 nitrogen and oxygen atoms in total. The molecule has 0 saturated heterocycles. The smallest absolute Gasteiger partial charge is 0.160 e. The molecule has 0 unspecified atom stereocenters. The van der Waals surface area contributed by atoms with Crippen molar-refractivity contribution in [1.82, 2.24) is 19.4 Å². The Bertz CT molecular complexity index is 3370. The van der Waals surface area contributed by atoms with Crippen LogP contribution < -0.4 is 0 Å². The third-order valence-corrected chi connectivity index (χ3v) is 11.5. The largest absolute Gasteiger partial charge is 0.455 e. The van der Waals surface area contributed by atoms with Gasteiger partial charge in [0.15, 0.2) is 5.82 Å². The number of rotatable bonds is 3. The molecule has 0 aliphatic heterocycles. The number of furan rings is 1. The summed E-state index contributed by atoms with van der Waals surface area (Å²) in [7, 11) is 0. The zero-order chi connectivity index (χ0) is 33.2. The van der Waals surface area contributed by atoms with Crippen LogP contribution in [0, 0.1) is 0 Å². The predicted octanol–water partition coefficient (Wildman–Crippen LogP) is 12.3. The molecule has 0 spiro atoms. The maximum atomic E-state index is 6.49. The van der Waals surface area contributed by atoms with Gasteiger partial charge in [-0.15, -0.1) is 11.3 Å². The first-order chi connectivity index (χ1) is 25.3. The van der Waals surface area contributed by atoms with Crippen LogP contribution in [0.1, 0.15) is 0 Å². The van der Waals surface area contributed by atoms with E-state index in [1.165, 1.54) is 37.3 Å². The van der Waals surface area contributed by atoms with E-state index in [-0.39, 0.29) is 0 Å². The molecule has 0 fully saturated rings. The van der Waals surface area contributed by atoms with Gasteiger partial charge >= 0.3 is 0 Å². The van der Waals surface area contributed by atoms with Gasteiger partial charge in [-0.2, -0.15) is 0 Å². The average molecular weight is 669 g/mol. The molecule has 0 radical (unpaired) electrons. The highest BCUT2D eigenvalue weighted by Crippen LogP contribution is 2.46. The van der Waals surface area contributed by atoms with Gasteiger partial charge in [-0.25, -0.2) is 15.0 Å². The van der Waals surface area contributed by atoms with Crippen molar-refractivity contribution in [3.05, 3.63) is 146 Å². The van der Waals surface area contributed by atoms with Crippen molar-refractivity contribution >= 4 is 92.5 Å². The summed E-state index contributed by atoms with van der Waals surface area (Å²) in [5.41, 5.74) is 11.1. The van der Waals surface area contributed by atoms with Crippen molar-refractivity contribution in [2.45, 2.75) is 0 Å². The van der Waals surface area contributed by atoms with Gasteiger partial charge in [0.05, 0.1) is 38.0 Å². The minimum absolute atomic E-state index is 0.679. The Kier molecular flexibility index (Phi) is 5.32. The van der Waals surface area contributed by atoms with E-state index >= 15 is 0 Å². The number of para-hydroxylation sites is 4. The van der Waals surface area contributed by atoms with Crippen molar-refractivity contribution in [3.8, 4) is 33.2 Å². The van der Waals surface area contributed by atoms with E-state index in [1.807, 2.05) is 24.3 Å². The van der Waals surface area contributed by atoms with Crippen molar-refractivity contribution in [1.29, 1.82) is 0 Å². The molecule has 5 aromatic heterocycles. The van der Waals surface area contributed by atoms with Crippen LogP contribution in [0.2, 0.25) is 0 Å². The van der Waals surface area contributed by atoms with E-state index in [2.05, 4.69) is 126 Å². The van der Waals surface area contributed by atoms with Gasteiger partial charge in [-0.1, -0.05) is 97.1 Å². The molecule has 236 valence electrons. The van der Waals surface area contributed by atoms with E-state index in [1.54, 1.807) is 11.3 Å². The monoisotopic (exact) mass is 668 g/mol. The number of hydrogen-bond donors (Lipinski definition) is 0. The van der Waals surface area contributed by atoms with Crippen LogP contribution in [-0.4, -0.2) is 19.4 Å². The molecule has 0 amide bonds. The molecule has 12 rings (SSSR count). The van der Waals surface area contributed by atoms with Crippen molar-refractivity contribution in [3.63, 3.8) is 0 Å². The SMILES string of the molecule is c1ccc(-c2nc3cc4c5ccccc5n5c6ccc(-c7nc(-c8cccc9c8oc8ccccc89)c8ccccc8n7)cc6c(c3s2)c45)cc1. The van der Waals surface area contributed by atoms with E-state index in [0.29, 0.717) is 5.82 Å². The van der Waals surface area contributed by atoms with Gasteiger partial charge in [0.25, 0.3) is 0 Å². The lowest BCUT2D eigenvalue weighted by Gasteiger charge is -2.10. The lowest BCUT2D eigenvalue weighted by atomic mass is 10.0. The van der Waals surface area contributed by atoms with E-state index in [4.69, 9.17) is 19.4 Å². The maximum absolute atomic E-state index is 6.49. The fourth-order valence-electron chi connectivity index (χ4n) is 8.13. The van der Waals surface area contributed by atoms with Gasteiger partial charge in [0.1, 0.15) is 16.2 Å². The van der Waals surface area contributed by atoms with Crippen molar-refractivity contribution in [2.75, 3.05) is 0 Å². The molecule has 0 saturated carbocycles. The quantitative estimate of drug-likeness (QED) is 0.188. The molecule has 7 aromatic carbocycles. The second-order valence-corrected chi connectivity index (χ2v) is 14.2. The van der Waals surface area contributed by atoms with Crippen LogP contribution in [0.15, 0.2) is 150 Å². The number of thiazole rings is 1. The van der Waals surface area contributed by atoms with Gasteiger partial charge in [-0.3, -0.25) is 0 Å². The number of benzene rings is 7. The Morgan fingerprint density at radius 2 is 1.27 bits per heavy atom. The lowest BCUT2D eigenvalue weighted by molar-refractivity contribution is 0.670. The average Bonchev–Trinajstić information content (AvgIpc) is 3.95. The Morgan fingerprint density at radius 1 is 0.510 bits per heavy atom.